The van der Waals surface area contributed by atoms with Crippen LogP contribution in [0, 0.1) is 6.92 Å². The lowest BCUT2D eigenvalue weighted by Gasteiger charge is -2.06. The van der Waals surface area contributed by atoms with Crippen LogP contribution in [0.4, 0.5) is 0 Å². The van der Waals surface area contributed by atoms with Crippen LogP contribution < -0.4 is 10.4 Å². The first kappa shape index (κ1) is 9.58. The van der Waals surface area contributed by atoms with E-state index in [2.05, 4.69) is 9.97 Å². The molecule has 1 aromatic carbocycles. The molecule has 0 radical (unpaired) electrons. The van der Waals surface area contributed by atoms with Crippen LogP contribution in [0.5, 0.6) is 5.75 Å². The summed E-state index contributed by atoms with van der Waals surface area (Å²) in [5.41, 5.74) is 1.61. The van der Waals surface area contributed by atoms with E-state index in [9.17, 15) is 4.79 Å². The van der Waals surface area contributed by atoms with E-state index in [4.69, 9.17) is 4.74 Å². The van der Waals surface area contributed by atoms with E-state index in [-0.39, 0.29) is 5.69 Å². The molecule has 2 N–H and O–H groups in total. The van der Waals surface area contributed by atoms with Crippen LogP contribution in [0.25, 0.3) is 0 Å². The van der Waals surface area contributed by atoms with Crippen molar-refractivity contribution in [3.8, 4) is 5.75 Å². The number of H-pyrrole nitrogens is 2. The molecule has 2 aromatic rings. The molecule has 0 saturated heterocycles. The highest BCUT2D eigenvalue weighted by molar-refractivity contribution is 5.31. The lowest BCUT2D eigenvalue weighted by molar-refractivity contribution is 0.299. The molecule has 0 amide bonds. The first-order valence-corrected chi connectivity index (χ1v) is 4.71. The number of aromatic nitrogens is 2. The summed E-state index contributed by atoms with van der Waals surface area (Å²) in [6, 6.07) is 7.76. The molecule has 4 nitrogen and oxygen atoms in total. The van der Waals surface area contributed by atoms with Gasteiger partial charge in [0.15, 0.2) is 0 Å². The van der Waals surface area contributed by atoms with Crippen molar-refractivity contribution >= 4 is 0 Å². The van der Waals surface area contributed by atoms with Gasteiger partial charge in [0, 0.05) is 6.20 Å². The van der Waals surface area contributed by atoms with Gasteiger partial charge in [-0.1, -0.05) is 18.2 Å². The lowest BCUT2D eigenvalue weighted by atomic mass is 10.2. The standard InChI is InChI=1S/C11H12N2O2/c1-8-4-2-3-5-10(8)15-7-9-6-12-11(14)13-9/h2-6H,7H2,1H3,(H2,12,13,14). The van der Waals surface area contributed by atoms with E-state index in [0.717, 1.165) is 17.0 Å². The molecule has 0 fully saturated rings. The smallest absolute Gasteiger partial charge is 0.323 e. The molecular formula is C11H12N2O2. The maximum atomic E-state index is 10.8. The predicted molar refractivity (Wildman–Crippen MR) is 56.9 cm³/mol. The molecule has 2 rings (SSSR count). The molecule has 0 spiro atoms. The molecule has 0 unspecified atom stereocenters. The van der Waals surface area contributed by atoms with Gasteiger partial charge in [0.25, 0.3) is 0 Å². The molecule has 0 bridgehead atoms. The Morgan fingerprint density at radius 2 is 2.13 bits per heavy atom. The number of nitrogens with one attached hydrogen (secondary N) is 2. The number of ether oxygens (including phenoxy) is 1. The molecule has 0 saturated carbocycles. The van der Waals surface area contributed by atoms with Gasteiger partial charge in [0.1, 0.15) is 12.4 Å². The number of aryl methyl sites for hydroxylation is 1. The zero-order chi connectivity index (χ0) is 10.7. The average molecular weight is 204 g/mol. The van der Waals surface area contributed by atoms with Crippen LogP contribution in [0.1, 0.15) is 11.3 Å². The van der Waals surface area contributed by atoms with Gasteiger partial charge in [-0.3, -0.25) is 0 Å². The van der Waals surface area contributed by atoms with E-state index in [1.54, 1.807) is 6.20 Å². The number of aromatic amines is 2. The third kappa shape index (κ3) is 2.28. The number of benzene rings is 1. The average Bonchev–Trinajstić information content (AvgIpc) is 2.63. The fraction of sp³-hybridized carbons (Fsp3) is 0.182. The number of hydrogen-bond donors (Lipinski definition) is 2. The summed E-state index contributed by atoms with van der Waals surface area (Å²) in [6.45, 7) is 2.35. The lowest BCUT2D eigenvalue weighted by Crippen LogP contribution is -2.03. The summed E-state index contributed by atoms with van der Waals surface area (Å²) < 4.78 is 5.55. The molecule has 78 valence electrons. The number of rotatable bonds is 3. The Kier molecular flexibility index (Phi) is 2.58. The van der Waals surface area contributed by atoms with E-state index >= 15 is 0 Å². The second-order valence-corrected chi connectivity index (χ2v) is 3.32. The number of para-hydroxylation sites is 1. The highest BCUT2D eigenvalue weighted by Crippen LogP contribution is 2.16. The van der Waals surface area contributed by atoms with E-state index in [0.29, 0.717) is 6.61 Å². The Morgan fingerprint density at radius 1 is 1.33 bits per heavy atom. The second-order valence-electron chi connectivity index (χ2n) is 3.32. The zero-order valence-corrected chi connectivity index (χ0v) is 8.41. The van der Waals surface area contributed by atoms with Crippen molar-refractivity contribution in [2.75, 3.05) is 0 Å². The number of hydrogen-bond acceptors (Lipinski definition) is 2. The topological polar surface area (TPSA) is 57.9 Å². The van der Waals surface area contributed by atoms with Crippen LogP contribution in [-0.2, 0) is 6.61 Å². The van der Waals surface area contributed by atoms with Gasteiger partial charge in [0.2, 0.25) is 0 Å². The van der Waals surface area contributed by atoms with E-state index in [1.165, 1.54) is 0 Å². The second kappa shape index (κ2) is 4.04. The SMILES string of the molecule is Cc1ccccc1OCc1c[nH]c(=O)[nH]1. The minimum atomic E-state index is -0.210. The van der Waals surface area contributed by atoms with Crippen molar-refractivity contribution in [2.45, 2.75) is 13.5 Å². The van der Waals surface area contributed by atoms with Crippen LogP contribution in [0.15, 0.2) is 35.3 Å². The summed E-state index contributed by atoms with van der Waals surface area (Å²) in [7, 11) is 0. The molecule has 0 aliphatic carbocycles. The summed E-state index contributed by atoms with van der Waals surface area (Å²) in [5, 5.41) is 0. The summed E-state index contributed by atoms with van der Waals surface area (Å²) >= 11 is 0. The van der Waals surface area contributed by atoms with Crippen molar-refractivity contribution in [1.29, 1.82) is 0 Å². The summed E-state index contributed by atoms with van der Waals surface area (Å²) in [5.74, 6) is 0.833. The Morgan fingerprint density at radius 3 is 2.80 bits per heavy atom. The van der Waals surface area contributed by atoms with Crippen molar-refractivity contribution < 1.29 is 4.74 Å². The third-order valence-electron chi connectivity index (χ3n) is 2.13. The highest BCUT2D eigenvalue weighted by atomic mass is 16.5. The van der Waals surface area contributed by atoms with E-state index in [1.807, 2.05) is 31.2 Å². The van der Waals surface area contributed by atoms with Crippen molar-refractivity contribution in [3.05, 3.63) is 52.2 Å². The minimum Gasteiger partial charge on any atom is -0.487 e. The van der Waals surface area contributed by atoms with Crippen molar-refractivity contribution in [3.63, 3.8) is 0 Å². The van der Waals surface area contributed by atoms with Gasteiger partial charge >= 0.3 is 5.69 Å². The molecule has 15 heavy (non-hydrogen) atoms. The van der Waals surface area contributed by atoms with Crippen LogP contribution in [-0.4, -0.2) is 9.97 Å². The van der Waals surface area contributed by atoms with Gasteiger partial charge in [0.05, 0.1) is 5.69 Å². The maximum Gasteiger partial charge on any atom is 0.323 e. The van der Waals surface area contributed by atoms with Gasteiger partial charge in [-0.2, -0.15) is 0 Å². The zero-order valence-electron chi connectivity index (χ0n) is 8.41. The van der Waals surface area contributed by atoms with Gasteiger partial charge < -0.3 is 14.7 Å². The first-order valence-electron chi connectivity index (χ1n) is 4.71. The van der Waals surface area contributed by atoms with E-state index < -0.39 is 0 Å². The fourth-order valence-corrected chi connectivity index (χ4v) is 1.32. The van der Waals surface area contributed by atoms with Gasteiger partial charge in [-0.15, -0.1) is 0 Å². The molecule has 4 heteroatoms. The van der Waals surface area contributed by atoms with Crippen LogP contribution in [0.2, 0.25) is 0 Å². The Balaban J connectivity index is 2.05. The molecular weight excluding hydrogens is 192 g/mol. The van der Waals surface area contributed by atoms with Crippen LogP contribution in [0.3, 0.4) is 0 Å². The van der Waals surface area contributed by atoms with Crippen molar-refractivity contribution in [1.82, 2.24) is 9.97 Å². The third-order valence-corrected chi connectivity index (χ3v) is 2.13. The first-order chi connectivity index (χ1) is 7.25. The normalized spacial score (nSPS) is 10.2. The van der Waals surface area contributed by atoms with Crippen LogP contribution >= 0.6 is 0 Å². The number of imidazole rings is 1. The Hall–Kier alpha value is -1.97. The Labute approximate surface area is 86.9 Å². The molecule has 0 atom stereocenters. The maximum absolute atomic E-state index is 10.8. The molecule has 1 heterocycles. The monoisotopic (exact) mass is 204 g/mol. The molecule has 0 aliphatic heterocycles. The molecule has 0 aliphatic rings. The fourth-order valence-electron chi connectivity index (χ4n) is 1.32. The summed E-state index contributed by atoms with van der Waals surface area (Å²) in [4.78, 5) is 16.0. The molecule has 1 aromatic heterocycles. The quantitative estimate of drug-likeness (QED) is 0.797. The highest BCUT2D eigenvalue weighted by Gasteiger charge is 1.99. The minimum absolute atomic E-state index is 0.210. The summed E-state index contributed by atoms with van der Waals surface area (Å²) in [6.07, 6.45) is 1.61. The van der Waals surface area contributed by atoms with Gasteiger partial charge in [-0.05, 0) is 18.6 Å². The van der Waals surface area contributed by atoms with Crippen molar-refractivity contribution in [2.24, 2.45) is 0 Å². The predicted octanol–water partition coefficient (Wildman–Crippen LogP) is 1.59. The van der Waals surface area contributed by atoms with Gasteiger partial charge in [-0.25, -0.2) is 4.79 Å². The Bertz CT molecular complexity index is 499. The largest absolute Gasteiger partial charge is 0.487 e.